The monoisotopic (exact) mass is 269 g/mol. The molecule has 1 rings (SSSR count). The van der Waals surface area contributed by atoms with Crippen LogP contribution in [0.25, 0.3) is 0 Å². The fourth-order valence-electron chi connectivity index (χ4n) is 1.70. The molecule has 0 bridgehead atoms. The third-order valence-corrected chi connectivity index (χ3v) is 3.00. The summed E-state index contributed by atoms with van der Waals surface area (Å²) in [6, 6.07) is 4.76. The lowest BCUT2D eigenvalue weighted by Gasteiger charge is -2.26. The van der Waals surface area contributed by atoms with Crippen LogP contribution in [0.4, 0.5) is 4.39 Å². The molecule has 0 aliphatic heterocycles. The minimum atomic E-state index is -0.422. The third kappa shape index (κ3) is 4.21. The van der Waals surface area contributed by atoms with E-state index in [-0.39, 0.29) is 24.7 Å². The number of halogens is 1. The van der Waals surface area contributed by atoms with E-state index in [1.165, 1.54) is 13.2 Å². The van der Waals surface area contributed by atoms with Crippen molar-refractivity contribution in [2.75, 3.05) is 20.3 Å². The van der Waals surface area contributed by atoms with E-state index < -0.39 is 11.2 Å². The predicted molar refractivity (Wildman–Crippen MR) is 70.7 cm³/mol. The van der Waals surface area contributed by atoms with Crippen LogP contribution in [0.1, 0.15) is 25.8 Å². The summed E-state index contributed by atoms with van der Waals surface area (Å²) in [6.07, 6.45) is 0.0764. The molecule has 5 heteroatoms. The molecule has 0 fully saturated rings. The molecule has 2 N–H and O–H groups in total. The normalized spacial score (nSPS) is 11.2. The molecular formula is C14H20FNO3. The van der Waals surface area contributed by atoms with Gasteiger partial charge in [-0.3, -0.25) is 4.79 Å². The van der Waals surface area contributed by atoms with E-state index in [4.69, 9.17) is 9.84 Å². The molecule has 0 aliphatic carbocycles. The summed E-state index contributed by atoms with van der Waals surface area (Å²) >= 11 is 0. The van der Waals surface area contributed by atoms with E-state index in [0.29, 0.717) is 6.54 Å². The summed E-state index contributed by atoms with van der Waals surface area (Å²) in [5.74, 6) is -0.441. The SMILES string of the molecule is COc1ccc(C(C)(C)CNC(=O)CCO)cc1F. The zero-order valence-corrected chi connectivity index (χ0v) is 11.5. The molecule has 0 saturated carbocycles. The lowest BCUT2D eigenvalue weighted by molar-refractivity contribution is -0.121. The maximum absolute atomic E-state index is 13.7. The number of hydrogen-bond acceptors (Lipinski definition) is 3. The van der Waals surface area contributed by atoms with Gasteiger partial charge in [0.05, 0.1) is 13.7 Å². The van der Waals surface area contributed by atoms with Crippen molar-refractivity contribution in [2.24, 2.45) is 0 Å². The van der Waals surface area contributed by atoms with Crippen LogP contribution in [-0.4, -0.2) is 31.3 Å². The Bertz CT molecular complexity index is 446. The van der Waals surface area contributed by atoms with Gasteiger partial charge < -0.3 is 15.2 Å². The van der Waals surface area contributed by atoms with Crippen LogP contribution in [0.15, 0.2) is 18.2 Å². The summed E-state index contributed by atoms with van der Waals surface area (Å²) in [5.41, 5.74) is 0.369. The van der Waals surface area contributed by atoms with E-state index in [2.05, 4.69) is 5.32 Å². The Hall–Kier alpha value is -1.62. The lowest BCUT2D eigenvalue weighted by atomic mass is 9.84. The predicted octanol–water partition coefficient (Wildman–Crippen LogP) is 1.61. The number of rotatable bonds is 6. The standard InChI is InChI=1S/C14H20FNO3/c1-14(2,9-16-13(18)6-7-17)10-4-5-12(19-3)11(15)8-10/h4-5,8,17H,6-7,9H2,1-3H3,(H,16,18). The van der Waals surface area contributed by atoms with Crippen LogP contribution in [0, 0.1) is 5.82 Å². The molecule has 0 radical (unpaired) electrons. The molecular weight excluding hydrogens is 249 g/mol. The smallest absolute Gasteiger partial charge is 0.222 e. The fraction of sp³-hybridized carbons (Fsp3) is 0.500. The molecule has 19 heavy (non-hydrogen) atoms. The first-order valence-corrected chi connectivity index (χ1v) is 6.12. The molecule has 0 saturated heterocycles. The summed E-state index contributed by atoms with van der Waals surface area (Å²) in [6.45, 7) is 4.02. The van der Waals surface area contributed by atoms with Gasteiger partial charge >= 0.3 is 0 Å². The molecule has 0 heterocycles. The van der Waals surface area contributed by atoms with Gasteiger partial charge in [0, 0.05) is 18.4 Å². The highest BCUT2D eigenvalue weighted by molar-refractivity contribution is 5.76. The van der Waals surface area contributed by atoms with E-state index in [9.17, 15) is 9.18 Å². The summed E-state index contributed by atoms with van der Waals surface area (Å²) in [4.78, 5) is 11.3. The second kappa shape index (κ2) is 6.52. The van der Waals surface area contributed by atoms with Gasteiger partial charge in [-0.25, -0.2) is 4.39 Å². The Balaban J connectivity index is 2.76. The molecule has 0 aromatic heterocycles. The topological polar surface area (TPSA) is 58.6 Å². The Morgan fingerprint density at radius 3 is 2.68 bits per heavy atom. The largest absolute Gasteiger partial charge is 0.494 e. The van der Waals surface area contributed by atoms with Crippen LogP contribution in [0.3, 0.4) is 0 Å². The molecule has 106 valence electrons. The van der Waals surface area contributed by atoms with Gasteiger partial charge in [0.2, 0.25) is 5.91 Å². The highest BCUT2D eigenvalue weighted by Gasteiger charge is 2.22. The minimum Gasteiger partial charge on any atom is -0.494 e. The molecule has 1 aromatic rings. The molecule has 1 aromatic carbocycles. The van der Waals surface area contributed by atoms with Crippen molar-refractivity contribution in [3.05, 3.63) is 29.6 Å². The second-order valence-electron chi connectivity index (χ2n) is 4.98. The first kappa shape index (κ1) is 15.4. The number of carbonyl (C=O) groups excluding carboxylic acids is 1. The minimum absolute atomic E-state index is 0.0764. The van der Waals surface area contributed by atoms with Gasteiger partial charge in [-0.15, -0.1) is 0 Å². The van der Waals surface area contributed by atoms with Crippen LogP contribution < -0.4 is 10.1 Å². The van der Waals surface area contributed by atoms with Crippen molar-refractivity contribution in [1.29, 1.82) is 0 Å². The number of aliphatic hydroxyl groups is 1. The van der Waals surface area contributed by atoms with Crippen LogP contribution in [-0.2, 0) is 10.2 Å². The van der Waals surface area contributed by atoms with Crippen molar-refractivity contribution in [3.8, 4) is 5.75 Å². The van der Waals surface area contributed by atoms with Crippen molar-refractivity contribution in [3.63, 3.8) is 0 Å². The molecule has 1 amide bonds. The number of benzene rings is 1. The number of aliphatic hydroxyl groups excluding tert-OH is 1. The maximum Gasteiger partial charge on any atom is 0.222 e. The van der Waals surface area contributed by atoms with Gasteiger partial charge in [0.25, 0.3) is 0 Å². The van der Waals surface area contributed by atoms with Crippen molar-refractivity contribution in [1.82, 2.24) is 5.32 Å². The van der Waals surface area contributed by atoms with Gasteiger partial charge in [-0.1, -0.05) is 19.9 Å². The maximum atomic E-state index is 13.7. The van der Waals surface area contributed by atoms with E-state index in [0.717, 1.165) is 5.56 Å². The molecule has 0 spiro atoms. The summed E-state index contributed by atoms with van der Waals surface area (Å²) < 4.78 is 18.5. The second-order valence-corrected chi connectivity index (χ2v) is 4.98. The van der Waals surface area contributed by atoms with Crippen LogP contribution in [0.5, 0.6) is 5.75 Å². The Morgan fingerprint density at radius 2 is 2.16 bits per heavy atom. The average molecular weight is 269 g/mol. The van der Waals surface area contributed by atoms with Gasteiger partial charge in [0.1, 0.15) is 0 Å². The fourth-order valence-corrected chi connectivity index (χ4v) is 1.70. The Labute approximate surface area is 112 Å². The zero-order valence-electron chi connectivity index (χ0n) is 11.5. The Morgan fingerprint density at radius 1 is 1.47 bits per heavy atom. The van der Waals surface area contributed by atoms with Crippen LogP contribution >= 0.6 is 0 Å². The highest BCUT2D eigenvalue weighted by atomic mass is 19.1. The van der Waals surface area contributed by atoms with E-state index >= 15 is 0 Å². The summed E-state index contributed by atoms with van der Waals surface area (Å²) in [5, 5.41) is 11.4. The number of methoxy groups -OCH3 is 1. The van der Waals surface area contributed by atoms with Gasteiger partial charge in [0.15, 0.2) is 11.6 Å². The average Bonchev–Trinajstić information content (AvgIpc) is 2.37. The molecule has 0 unspecified atom stereocenters. The number of ether oxygens (including phenoxy) is 1. The first-order chi connectivity index (χ1) is 8.90. The number of amides is 1. The van der Waals surface area contributed by atoms with Crippen LogP contribution in [0.2, 0.25) is 0 Å². The summed E-state index contributed by atoms with van der Waals surface area (Å²) in [7, 11) is 1.42. The zero-order chi connectivity index (χ0) is 14.5. The molecule has 0 atom stereocenters. The molecule has 0 aliphatic rings. The van der Waals surface area contributed by atoms with Crippen molar-refractivity contribution < 1.29 is 19.0 Å². The first-order valence-electron chi connectivity index (χ1n) is 6.12. The Kier molecular flexibility index (Phi) is 5.30. The van der Waals surface area contributed by atoms with Crippen molar-refractivity contribution in [2.45, 2.75) is 25.7 Å². The lowest BCUT2D eigenvalue weighted by Crippen LogP contribution is -2.37. The van der Waals surface area contributed by atoms with Gasteiger partial charge in [-0.05, 0) is 17.7 Å². The van der Waals surface area contributed by atoms with Gasteiger partial charge in [-0.2, -0.15) is 0 Å². The molecule has 4 nitrogen and oxygen atoms in total. The van der Waals surface area contributed by atoms with E-state index in [1.807, 2.05) is 13.8 Å². The van der Waals surface area contributed by atoms with E-state index in [1.54, 1.807) is 12.1 Å². The number of carbonyl (C=O) groups is 1. The number of hydrogen-bond donors (Lipinski definition) is 2. The number of nitrogens with one attached hydrogen (secondary N) is 1. The highest BCUT2D eigenvalue weighted by Crippen LogP contribution is 2.27. The third-order valence-electron chi connectivity index (χ3n) is 3.00. The quantitative estimate of drug-likeness (QED) is 0.825. The van der Waals surface area contributed by atoms with Crippen molar-refractivity contribution >= 4 is 5.91 Å².